The van der Waals surface area contributed by atoms with E-state index in [4.69, 9.17) is 24.6 Å². The lowest BCUT2D eigenvalue weighted by atomic mass is 9.97. The second kappa shape index (κ2) is 18.5. The predicted octanol–water partition coefficient (Wildman–Crippen LogP) is 3.77. The quantitative estimate of drug-likeness (QED) is 0.0967. The van der Waals surface area contributed by atoms with Gasteiger partial charge in [-0.05, 0) is 34.2 Å². The molecule has 3 N–H and O–H groups in total. The maximum Gasteiger partial charge on any atom is 0.510 e. The van der Waals surface area contributed by atoms with Crippen molar-refractivity contribution in [2.45, 2.75) is 59.4 Å². The maximum absolute atomic E-state index is 13.0. The van der Waals surface area contributed by atoms with E-state index in [0.717, 1.165) is 27.9 Å². The first-order valence-corrected chi connectivity index (χ1v) is 14.8. The number of aromatic nitrogens is 4. The number of amides is 1. The molecular weight excluding hydrogens is 604 g/mol. The van der Waals surface area contributed by atoms with Gasteiger partial charge in [0, 0.05) is 18.5 Å². The van der Waals surface area contributed by atoms with Crippen LogP contribution in [-0.4, -0.2) is 96.5 Å². The summed E-state index contributed by atoms with van der Waals surface area (Å²) in [6.07, 6.45) is 0.853. The van der Waals surface area contributed by atoms with Crippen LogP contribution < -0.4 is 0 Å². The van der Waals surface area contributed by atoms with Crippen LogP contribution in [0.5, 0.6) is 0 Å². The Kier molecular flexibility index (Phi) is 14.5. The van der Waals surface area contributed by atoms with Crippen molar-refractivity contribution in [3.05, 3.63) is 54.1 Å². The summed E-state index contributed by atoms with van der Waals surface area (Å²) >= 11 is 0. The van der Waals surface area contributed by atoms with Crippen molar-refractivity contribution >= 4 is 18.0 Å². The van der Waals surface area contributed by atoms with Gasteiger partial charge in [0.2, 0.25) is 18.5 Å². The van der Waals surface area contributed by atoms with Gasteiger partial charge in [0.05, 0.1) is 25.2 Å². The number of benzene rings is 2. The summed E-state index contributed by atoms with van der Waals surface area (Å²) in [5, 5.41) is 38.6. The molecule has 0 fully saturated rings. The predicted molar refractivity (Wildman–Crippen MR) is 160 cm³/mol. The van der Waals surface area contributed by atoms with E-state index in [1.807, 2.05) is 55.5 Å². The molecule has 1 atom stereocenters. The summed E-state index contributed by atoms with van der Waals surface area (Å²) in [6.45, 7) is 5.27. The van der Waals surface area contributed by atoms with Crippen LogP contribution in [0.15, 0.2) is 48.5 Å². The van der Waals surface area contributed by atoms with Gasteiger partial charge in [-0.15, -0.1) is 15.0 Å². The number of carbonyl (C=O) groups excluding carboxylic acids is 2. The van der Waals surface area contributed by atoms with E-state index in [9.17, 15) is 19.5 Å². The van der Waals surface area contributed by atoms with Crippen molar-refractivity contribution in [3.63, 3.8) is 0 Å². The van der Waals surface area contributed by atoms with Crippen molar-refractivity contribution in [1.29, 1.82) is 0 Å². The molecule has 0 spiro atoms. The van der Waals surface area contributed by atoms with Gasteiger partial charge in [0.25, 0.3) is 0 Å². The zero-order valence-corrected chi connectivity index (χ0v) is 26.0. The minimum absolute atomic E-state index is 0.0366. The highest BCUT2D eigenvalue weighted by atomic mass is 17.1. The van der Waals surface area contributed by atoms with Gasteiger partial charge in [0.15, 0.2) is 0 Å². The molecule has 16 nitrogen and oxygen atoms in total. The zero-order chi connectivity index (χ0) is 33.5. The number of ether oxygens (including phenoxy) is 3. The van der Waals surface area contributed by atoms with E-state index in [1.54, 1.807) is 13.8 Å². The molecule has 1 aromatic heterocycles. The largest absolute Gasteiger partial charge is 0.510 e. The van der Waals surface area contributed by atoms with Crippen LogP contribution >= 0.6 is 0 Å². The smallest absolute Gasteiger partial charge is 0.480 e. The average molecular weight is 645 g/mol. The Balaban J connectivity index is 1.63. The summed E-state index contributed by atoms with van der Waals surface area (Å²) in [5.41, 5.74) is 3.13. The number of nitrogens with zero attached hydrogens (tertiary/aromatic N) is 6. The van der Waals surface area contributed by atoms with Crippen molar-refractivity contribution < 1.29 is 49.0 Å². The van der Waals surface area contributed by atoms with E-state index in [-0.39, 0.29) is 51.5 Å². The number of carboxylic acid groups (broad SMARTS) is 1. The zero-order valence-electron chi connectivity index (χ0n) is 26.0. The first kappa shape index (κ1) is 36.0. The fourth-order valence-electron chi connectivity index (χ4n) is 4.53. The average Bonchev–Trinajstić information content (AvgIpc) is 3.50. The van der Waals surface area contributed by atoms with Gasteiger partial charge in [-0.1, -0.05) is 75.7 Å². The van der Waals surface area contributed by atoms with Gasteiger partial charge < -0.3 is 24.2 Å². The Morgan fingerprint density at radius 3 is 2.28 bits per heavy atom. The standard InChI is InChI=1S/C30H40N6O10/c1-4-5-10-26(37)34(27(21(2)3)29(38)39)19-22-11-13-23(14-12-22)24-8-6-7-9-25(24)28-31-33-35(32-28)20-45-30(40)44-17-15-43-16-18-46-36(41)42/h6-9,11-14,21,27,41-42H,4-5,10,15-20H2,1-3H3,(H,38,39)/t27-/m0/s1. The summed E-state index contributed by atoms with van der Waals surface area (Å²) in [6, 6.07) is 14.0. The molecule has 1 heterocycles. The molecule has 0 aliphatic rings. The molecule has 0 unspecified atom stereocenters. The van der Waals surface area contributed by atoms with E-state index in [0.29, 0.717) is 24.2 Å². The highest BCUT2D eigenvalue weighted by Gasteiger charge is 2.32. The first-order chi connectivity index (χ1) is 22.1. The van der Waals surface area contributed by atoms with Crippen molar-refractivity contribution in [1.82, 2.24) is 30.5 Å². The third-order valence-corrected chi connectivity index (χ3v) is 6.70. The Morgan fingerprint density at radius 1 is 0.935 bits per heavy atom. The minimum Gasteiger partial charge on any atom is -0.480 e. The minimum atomic E-state index is -1.03. The van der Waals surface area contributed by atoms with E-state index < -0.39 is 23.6 Å². The number of carbonyl (C=O) groups is 3. The maximum atomic E-state index is 13.0. The van der Waals surface area contributed by atoms with Crippen LogP contribution in [0.25, 0.3) is 22.5 Å². The fourth-order valence-corrected chi connectivity index (χ4v) is 4.53. The summed E-state index contributed by atoms with van der Waals surface area (Å²) in [5.74, 6) is -1.17. The van der Waals surface area contributed by atoms with Crippen LogP contribution in [0.4, 0.5) is 4.79 Å². The second-order valence-corrected chi connectivity index (χ2v) is 10.5. The molecule has 46 heavy (non-hydrogen) atoms. The third kappa shape index (κ3) is 11.1. The molecule has 1 amide bonds. The SMILES string of the molecule is CCCCC(=O)N(Cc1ccc(-c2ccccc2-c2nnn(COC(=O)OCCOCCON(O)O)n2)cc1)[C@H](C(=O)O)C(C)C. The number of unbranched alkanes of at least 4 members (excludes halogenated alkanes) is 1. The Hall–Kier alpha value is -4.48. The lowest BCUT2D eigenvalue weighted by molar-refractivity contribution is -0.493. The first-order valence-electron chi connectivity index (χ1n) is 14.8. The summed E-state index contributed by atoms with van der Waals surface area (Å²) in [4.78, 5) is 43.8. The molecule has 0 aliphatic heterocycles. The summed E-state index contributed by atoms with van der Waals surface area (Å²) in [7, 11) is 0. The molecule has 2 aromatic carbocycles. The normalized spacial score (nSPS) is 11.9. The summed E-state index contributed by atoms with van der Waals surface area (Å²) < 4.78 is 15.0. The monoisotopic (exact) mass is 644 g/mol. The fraction of sp³-hybridized carbons (Fsp3) is 0.467. The third-order valence-electron chi connectivity index (χ3n) is 6.70. The highest BCUT2D eigenvalue weighted by Crippen LogP contribution is 2.30. The molecule has 3 rings (SSSR count). The Morgan fingerprint density at radius 2 is 1.63 bits per heavy atom. The molecule has 3 aromatic rings. The highest BCUT2D eigenvalue weighted by molar-refractivity contribution is 5.84. The topological polar surface area (TPSA) is 199 Å². The Bertz CT molecular complexity index is 1400. The van der Waals surface area contributed by atoms with Gasteiger partial charge in [-0.2, -0.15) is 0 Å². The molecule has 0 radical (unpaired) electrons. The van der Waals surface area contributed by atoms with Gasteiger partial charge in [-0.25, -0.2) is 14.4 Å². The number of rotatable bonds is 19. The number of aliphatic carboxylic acids is 1. The van der Waals surface area contributed by atoms with Crippen molar-refractivity contribution in [3.8, 4) is 22.5 Å². The molecule has 0 aliphatic carbocycles. The number of hydrogen-bond acceptors (Lipinski definition) is 13. The Labute approximate surface area is 265 Å². The number of carboxylic acids is 1. The van der Waals surface area contributed by atoms with Crippen LogP contribution in [0.2, 0.25) is 0 Å². The molecule has 0 saturated heterocycles. The van der Waals surface area contributed by atoms with Crippen LogP contribution in [0.3, 0.4) is 0 Å². The molecule has 0 saturated carbocycles. The van der Waals surface area contributed by atoms with E-state index >= 15 is 0 Å². The lowest BCUT2D eigenvalue weighted by Gasteiger charge is -2.32. The van der Waals surface area contributed by atoms with E-state index in [2.05, 4.69) is 20.2 Å². The second-order valence-electron chi connectivity index (χ2n) is 10.5. The molecule has 16 heteroatoms. The van der Waals surface area contributed by atoms with Gasteiger partial charge in [0.1, 0.15) is 12.6 Å². The molecule has 0 bridgehead atoms. The molecular formula is C30H40N6O10. The number of hydrogen-bond donors (Lipinski definition) is 3. The van der Waals surface area contributed by atoms with Crippen LogP contribution in [0.1, 0.15) is 45.6 Å². The van der Waals surface area contributed by atoms with Crippen molar-refractivity contribution in [2.75, 3.05) is 26.4 Å². The molecule has 250 valence electrons. The van der Waals surface area contributed by atoms with Gasteiger partial charge in [-0.3, -0.25) is 15.2 Å². The lowest BCUT2D eigenvalue weighted by Crippen LogP contribution is -2.47. The van der Waals surface area contributed by atoms with Crippen molar-refractivity contribution in [2.24, 2.45) is 5.92 Å². The number of tetrazole rings is 1. The van der Waals surface area contributed by atoms with Crippen LogP contribution in [0, 0.1) is 5.92 Å². The van der Waals surface area contributed by atoms with E-state index in [1.165, 1.54) is 4.90 Å². The van der Waals surface area contributed by atoms with Gasteiger partial charge >= 0.3 is 12.1 Å². The van der Waals surface area contributed by atoms with Crippen LogP contribution in [-0.2, 0) is 41.9 Å².